The molecule has 0 bridgehead atoms. The van der Waals surface area contributed by atoms with Crippen molar-refractivity contribution in [2.75, 3.05) is 0 Å². The molecule has 0 amide bonds. The van der Waals surface area contributed by atoms with Crippen LogP contribution in [0.1, 0.15) is 69.6 Å². The standard InChI is InChI=1S/C17H26O2/c1-4-5-6-7-10-17(3)12-15(18)14-11-13(2)8-9-16(14)19-17/h8-9,11,15,18H,4-7,10,12H2,1-3H3. The number of fused-ring (bicyclic) bond motifs is 1. The van der Waals surface area contributed by atoms with E-state index in [9.17, 15) is 5.11 Å². The van der Waals surface area contributed by atoms with E-state index in [1.54, 1.807) is 0 Å². The molecule has 0 aliphatic carbocycles. The number of aliphatic hydroxyl groups is 1. The average molecular weight is 262 g/mol. The monoisotopic (exact) mass is 262 g/mol. The molecule has 1 aromatic rings. The van der Waals surface area contributed by atoms with Crippen LogP contribution < -0.4 is 4.74 Å². The summed E-state index contributed by atoms with van der Waals surface area (Å²) in [4.78, 5) is 0. The molecular formula is C17H26O2. The largest absolute Gasteiger partial charge is 0.487 e. The van der Waals surface area contributed by atoms with Gasteiger partial charge in [0.05, 0.1) is 6.10 Å². The predicted molar refractivity (Wildman–Crippen MR) is 78.5 cm³/mol. The number of aliphatic hydroxyl groups excluding tert-OH is 1. The Bertz CT molecular complexity index is 427. The fourth-order valence-electron chi connectivity index (χ4n) is 2.93. The van der Waals surface area contributed by atoms with E-state index in [1.165, 1.54) is 31.2 Å². The third kappa shape index (κ3) is 3.50. The van der Waals surface area contributed by atoms with Crippen molar-refractivity contribution in [3.05, 3.63) is 29.3 Å². The van der Waals surface area contributed by atoms with Gasteiger partial charge >= 0.3 is 0 Å². The molecule has 2 rings (SSSR count). The molecule has 1 aliphatic heterocycles. The first-order chi connectivity index (χ1) is 9.04. The summed E-state index contributed by atoms with van der Waals surface area (Å²) >= 11 is 0. The number of unbranched alkanes of at least 4 members (excludes halogenated alkanes) is 3. The van der Waals surface area contributed by atoms with Gasteiger partial charge < -0.3 is 9.84 Å². The lowest BCUT2D eigenvalue weighted by molar-refractivity contribution is -0.00852. The fraction of sp³-hybridized carbons (Fsp3) is 0.647. The Kier molecular flexibility index (Phi) is 4.51. The van der Waals surface area contributed by atoms with Gasteiger partial charge in [0.1, 0.15) is 11.4 Å². The van der Waals surface area contributed by atoms with Crippen LogP contribution in [-0.2, 0) is 0 Å². The first kappa shape index (κ1) is 14.4. The smallest absolute Gasteiger partial charge is 0.125 e. The summed E-state index contributed by atoms with van der Waals surface area (Å²) in [5, 5.41) is 10.3. The molecule has 2 heteroatoms. The number of aryl methyl sites for hydroxylation is 1. The maximum atomic E-state index is 10.3. The SMILES string of the molecule is CCCCCCC1(C)CC(O)c2cc(C)ccc2O1. The van der Waals surface area contributed by atoms with E-state index in [1.807, 2.05) is 25.1 Å². The van der Waals surface area contributed by atoms with E-state index in [2.05, 4.69) is 13.8 Å². The lowest BCUT2D eigenvalue weighted by atomic mass is 9.86. The number of hydrogen-bond donors (Lipinski definition) is 1. The van der Waals surface area contributed by atoms with Crippen LogP contribution in [0.4, 0.5) is 0 Å². The van der Waals surface area contributed by atoms with Crippen LogP contribution in [0.15, 0.2) is 18.2 Å². The van der Waals surface area contributed by atoms with Crippen molar-refractivity contribution in [2.24, 2.45) is 0 Å². The van der Waals surface area contributed by atoms with Gasteiger partial charge in [-0.15, -0.1) is 0 Å². The molecular weight excluding hydrogens is 236 g/mol. The Hall–Kier alpha value is -1.02. The summed E-state index contributed by atoms with van der Waals surface area (Å²) in [6.07, 6.45) is 6.31. The molecule has 1 heterocycles. The van der Waals surface area contributed by atoms with Crippen LogP contribution in [0.25, 0.3) is 0 Å². The molecule has 0 spiro atoms. The first-order valence-corrected chi connectivity index (χ1v) is 7.52. The Balaban J connectivity index is 2.04. The van der Waals surface area contributed by atoms with E-state index in [-0.39, 0.29) is 11.7 Å². The molecule has 1 aromatic carbocycles. The van der Waals surface area contributed by atoms with Gasteiger partial charge in [0.25, 0.3) is 0 Å². The van der Waals surface area contributed by atoms with Gasteiger partial charge in [-0.05, 0) is 38.8 Å². The normalized spacial score (nSPS) is 25.8. The van der Waals surface area contributed by atoms with Crippen LogP contribution in [0.2, 0.25) is 0 Å². The highest BCUT2D eigenvalue weighted by molar-refractivity contribution is 5.40. The van der Waals surface area contributed by atoms with E-state index >= 15 is 0 Å². The minimum absolute atomic E-state index is 0.213. The Morgan fingerprint density at radius 3 is 2.84 bits per heavy atom. The van der Waals surface area contributed by atoms with Crippen molar-refractivity contribution in [3.8, 4) is 5.75 Å². The fourth-order valence-corrected chi connectivity index (χ4v) is 2.93. The summed E-state index contributed by atoms with van der Waals surface area (Å²) in [5.74, 6) is 0.863. The number of ether oxygens (including phenoxy) is 1. The van der Waals surface area contributed by atoms with Crippen molar-refractivity contribution in [1.82, 2.24) is 0 Å². The van der Waals surface area contributed by atoms with Crippen LogP contribution in [0, 0.1) is 6.92 Å². The average Bonchev–Trinajstić information content (AvgIpc) is 2.36. The zero-order valence-electron chi connectivity index (χ0n) is 12.4. The molecule has 1 N–H and O–H groups in total. The van der Waals surface area contributed by atoms with E-state index < -0.39 is 0 Å². The summed E-state index contributed by atoms with van der Waals surface area (Å²) in [6, 6.07) is 6.09. The third-order valence-corrected chi connectivity index (χ3v) is 4.06. The molecule has 0 saturated carbocycles. The highest BCUT2D eigenvalue weighted by Crippen LogP contribution is 2.41. The molecule has 0 radical (unpaired) electrons. The molecule has 0 saturated heterocycles. The topological polar surface area (TPSA) is 29.5 Å². The minimum Gasteiger partial charge on any atom is -0.487 e. The highest BCUT2D eigenvalue weighted by atomic mass is 16.5. The quantitative estimate of drug-likeness (QED) is 0.789. The second kappa shape index (κ2) is 5.96. The molecule has 2 nitrogen and oxygen atoms in total. The summed E-state index contributed by atoms with van der Waals surface area (Å²) in [5.41, 5.74) is 1.91. The van der Waals surface area contributed by atoms with E-state index in [0.717, 1.165) is 17.7 Å². The molecule has 0 fully saturated rings. The highest BCUT2D eigenvalue weighted by Gasteiger charge is 2.35. The first-order valence-electron chi connectivity index (χ1n) is 7.52. The van der Waals surface area contributed by atoms with Crippen LogP contribution in [0.3, 0.4) is 0 Å². The van der Waals surface area contributed by atoms with Gasteiger partial charge in [-0.3, -0.25) is 0 Å². The van der Waals surface area contributed by atoms with Crippen molar-refractivity contribution in [3.63, 3.8) is 0 Å². The second-order valence-electron chi connectivity index (χ2n) is 6.12. The zero-order chi connectivity index (χ0) is 13.9. The number of benzene rings is 1. The van der Waals surface area contributed by atoms with Gasteiger partial charge in [0.15, 0.2) is 0 Å². The lowest BCUT2D eigenvalue weighted by Gasteiger charge is -2.38. The van der Waals surface area contributed by atoms with E-state index in [0.29, 0.717) is 6.42 Å². The Morgan fingerprint density at radius 2 is 2.11 bits per heavy atom. The minimum atomic E-state index is -0.389. The van der Waals surface area contributed by atoms with Gasteiger partial charge in [-0.25, -0.2) is 0 Å². The van der Waals surface area contributed by atoms with Gasteiger partial charge in [-0.2, -0.15) is 0 Å². The molecule has 2 unspecified atom stereocenters. The molecule has 19 heavy (non-hydrogen) atoms. The van der Waals surface area contributed by atoms with Gasteiger partial charge in [-0.1, -0.05) is 37.8 Å². The summed E-state index contributed by atoms with van der Waals surface area (Å²) in [7, 11) is 0. The maximum absolute atomic E-state index is 10.3. The molecule has 106 valence electrons. The summed E-state index contributed by atoms with van der Waals surface area (Å²) < 4.78 is 6.17. The predicted octanol–water partition coefficient (Wildman–Crippen LogP) is 4.54. The number of hydrogen-bond acceptors (Lipinski definition) is 2. The summed E-state index contributed by atoms with van der Waals surface area (Å²) in [6.45, 7) is 6.40. The van der Waals surface area contributed by atoms with Crippen molar-refractivity contribution in [2.45, 2.75) is 71.0 Å². The van der Waals surface area contributed by atoms with Gasteiger partial charge in [0.2, 0.25) is 0 Å². The van der Waals surface area contributed by atoms with Crippen molar-refractivity contribution in [1.29, 1.82) is 0 Å². The lowest BCUT2D eigenvalue weighted by Crippen LogP contribution is -2.38. The van der Waals surface area contributed by atoms with Crippen molar-refractivity contribution >= 4 is 0 Å². The molecule has 1 aliphatic rings. The van der Waals surface area contributed by atoms with Gasteiger partial charge in [0, 0.05) is 12.0 Å². The van der Waals surface area contributed by atoms with Crippen LogP contribution in [-0.4, -0.2) is 10.7 Å². The van der Waals surface area contributed by atoms with Crippen LogP contribution >= 0.6 is 0 Å². The van der Waals surface area contributed by atoms with Crippen molar-refractivity contribution < 1.29 is 9.84 Å². The Morgan fingerprint density at radius 1 is 1.32 bits per heavy atom. The van der Waals surface area contributed by atoms with E-state index in [4.69, 9.17) is 4.74 Å². The maximum Gasteiger partial charge on any atom is 0.125 e. The number of rotatable bonds is 5. The third-order valence-electron chi connectivity index (χ3n) is 4.06. The molecule has 2 atom stereocenters. The Labute approximate surface area is 116 Å². The zero-order valence-corrected chi connectivity index (χ0v) is 12.4. The second-order valence-corrected chi connectivity index (χ2v) is 6.12. The van der Waals surface area contributed by atoms with Crippen LogP contribution in [0.5, 0.6) is 5.75 Å². The molecule has 0 aromatic heterocycles.